The molecule has 3 nitrogen and oxygen atoms in total. The number of carbonyl (C=O) groups excluding carboxylic acids is 1. The Hall–Kier alpha value is -1.82. The fourth-order valence-electron chi connectivity index (χ4n) is 2.04. The van der Waals surface area contributed by atoms with E-state index in [1.165, 1.54) is 0 Å². The average Bonchev–Trinajstić information content (AvgIpc) is 2.39. The first-order chi connectivity index (χ1) is 7.83. The van der Waals surface area contributed by atoms with E-state index in [-0.39, 0.29) is 5.92 Å². The quantitative estimate of drug-likeness (QED) is 0.707. The Kier molecular flexibility index (Phi) is 3.21. The lowest BCUT2D eigenvalue weighted by atomic mass is 9.98. The molecule has 1 aliphatic heterocycles. The summed E-state index contributed by atoms with van der Waals surface area (Å²) >= 11 is 0. The summed E-state index contributed by atoms with van der Waals surface area (Å²) in [6.07, 6.45) is 2.93. The van der Waals surface area contributed by atoms with Crippen LogP contribution in [0, 0.1) is 17.2 Å². The van der Waals surface area contributed by atoms with Crippen molar-refractivity contribution in [1.29, 1.82) is 5.26 Å². The van der Waals surface area contributed by atoms with E-state index in [0.717, 1.165) is 37.9 Å². The van der Waals surface area contributed by atoms with E-state index in [1.807, 2.05) is 24.3 Å². The number of carbonyl (C=O) groups is 1. The van der Waals surface area contributed by atoms with E-state index in [4.69, 9.17) is 5.26 Å². The molecule has 1 aromatic rings. The van der Waals surface area contributed by atoms with Gasteiger partial charge in [-0.05, 0) is 37.1 Å². The van der Waals surface area contributed by atoms with E-state index in [0.29, 0.717) is 5.56 Å². The summed E-state index contributed by atoms with van der Waals surface area (Å²) in [6.45, 7) is 1.85. The van der Waals surface area contributed by atoms with Crippen LogP contribution in [-0.2, 0) is 4.79 Å². The zero-order valence-electron chi connectivity index (χ0n) is 9.10. The highest BCUT2D eigenvalue weighted by Gasteiger charge is 2.18. The van der Waals surface area contributed by atoms with Crippen LogP contribution < -0.4 is 4.90 Å². The van der Waals surface area contributed by atoms with Gasteiger partial charge in [0.1, 0.15) is 6.29 Å². The van der Waals surface area contributed by atoms with Gasteiger partial charge in [-0.15, -0.1) is 0 Å². The van der Waals surface area contributed by atoms with Crippen molar-refractivity contribution in [1.82, 2.24) is 0 Å². The molecule has 0 spiro atoms. The maximum absolute atomic E-state index is 10.6. The Balaban J connectivity index is 2.03. The lowest BCUT2D eigenvalue weighted by molar-refractivity contribution is -0.111. The molecule has 82 valence electrons. The van der Waals surface area contributed by atoms with Crippen LogP contribution in [0.3, 0.4) is 0 Å². The molecule has 1 saturated heterocycles. The van der Waals surface area contributed by atoms with E-state index < -0.39 is 0 Å². The second kappa shape index (κ2) is 4.80. The third kappa shape index (κ3) is 2.22. The van der Waals surface area contributed by atoms with Crippen LogP contribution in [0.4, 0.5) is 5.69 Å². The Morgan fingerprint density at radius 3 is 2.38 bits per heavy atom. The molecule has 1 aliphatic rings. The number of hydrogen-bond acceptors (Lipinski definition) is 3. The Morgan fingerprint density at radius 1 is 1.25 bits per heavy atom. The molecule has 16 heavy (non-hydrogen) atoms. The third-order valence-corrected chi connectivity index (χ3v) is 3.09. The van der Waals surface area contributed by atoms with Gasteiger partial charge in [0.15, 0.2) is 0 Å². The number of nitrogens with zero attached hydrogens (tertiary/aromatic N) is 2. The van der Waals surface area contributed by atoms with E-state index in [9.17, 15) is 4.79 Å². The highest BCUT2D eigenvalue weighted by Crippen LogP contribution is 2.22. The van der Waals surface area contributed by atoms with Crippen LogP contribution in [0.5, 0.6) is 0 Å². The molecule has 0 radical (unpaired) electrons. The molecule has 0 aromatic heterocycles. The van der Waals surface area contributed by atoms with Gasteiger partial charge in [0, 0.05) is 24.7 Å². The normalized spacial score (nSPS) is 16.8. The summed E-state index contributed by atoms with van der Waals surface area (Å²) in [5, 5.41) is 8.70. The molecule has 1 aromatic carbocycles. The molecule has 0 bridgehead atoms. The molecule has 0 amide bonds. The molecule has 3 heteroatoms. The van der Waals surface area contributed by atoms with Gasteiger partial charge < -0.3 is 9.69 Å². The average molecular weight is 214 g/mol. The minimum absolute atomic E-state index is 0.231. The number of aldehydes is 1. The highest BCUT2D eigenvalue weighted by molar-refractivity contribution is 5.56. The first-order valence-electron chi connectivity index (χ1n) is 5.54. The number of piperidine rings is 1. The number of benzene rings is 1. The fraction of sp³-hybridized carbons (Fsp3) is 0.385. The predicted octanol–water partition coefficient (Wildman–Crippen LogP) is 1.97. The third-order valence-electron chi connectivity index (χ3n) is 3.09. The highest BCUT2D eigenvalue weighted by atomic mass is 16.1. The van der Waals surface area contributed by atoms with Crippen LogP contribution in [0.2, 0.25) is 0 Å². The van der Waals surface area contributed by atoms with E-state index in [1.54, 1.807) is 0 Å². The van der Waals surface area contributed by atoms with Gasteiger partial charge >= 0.3 is 0 Å². The van der Waals surface area contributed by atoms with Crippen molar-refractivity contribution in [2.24, 2.45) is 5.92 Å². The zero-order valence-corrected chi connectivity index (χ0v) is 9.10. The lowest BCUT2D eigenvalue weighted by Crippen LogP contribution is -2.33. The van der Waals surface area contributed by atoms with Crippen molar-refractivity contribution in [3.63, 3.8) is 0 Å². The molecule has 0 N–H and O–H groups in total. The summed E-state index contributed by atoms with van der Waals surface area (Å²) in [7, 11) is 0. The van der Waals surface area contributed by atoms with E-state index in [2.05, 4.69) is 11.0 Å². The van der Waals surface area contributed by atoms with Crippen LogP contribution in [0.15, 0.2) is 24.3 Å². The van der Waals surface area contributed by atoms with Crippen LogP contribution >= 0.6 is 0 Å². The van der Waals surface area contributed by atoms with Gasteiger partial charge in [0.25, 0.3) is 0 Å². The molecule has 0 aliphatic carbocycles. The van der Waals surface area contributed by atoms with Crippen molar-refractivity contribution in [2.75, 3.05) is 18.0 Å². The van der Waals surface area contributed by atoms with Crippen molar-refractivity contribution >= 4 is 12.0 Å². The first kappa shape index (κ1) is 10.7. The SMILES string of the molecule is N#Cc1ccc(N2CCC(C=O)CC2)cc1. The number of nitriles is 1. The van der Waals surface area contributed by atoms with Crippen molar-refractivity contribution in [3.05, 3.63) is 29.8 Å². The summed E-state index contributed by atoms with van der Waals surface area (Å²) in [5.41, 5.74) is 1.83. The molecule has 0 unspecified atom stereocenters. The monoisotopic (exact) mass is 214 g/mol. The minimum Gasteiger partial charge on any atom is -0.371 e. The molecule has 1 heterocycles. The molecule has 1 fully saturated rings. The second-order valence-corrected chi connectivity index (χ2v) is 4.12. The van der Waals surface area contributed by atoms with Gasteiger partial charge in [0.05, 0.1) is 11.6 Å². The zero-order chi connectivity index (χ0) is 11.4. The summed E-state index contributed by atoms with van der Waals surface area (Å²) in [6, 6.07) is 9.72. The van der Waals surface area contributed by atoms with Crippen molar-refractivity contribution in [3.8, 4) is 6.07 Å². The van der Waals surface area contributed by atoms with Gasteiger partial charge in [-0.25, -0.2) is 0 Å². The van der Waals surface area contributed by atoms with Gasteiger partial charge in [-0.3, -0.25) is 0 Å². The maximum Gasteiger partial charge on any atom is 0.123 e. The molecular weight excluding hydrogens is 200 g/mol. The van der Waals surface area contributed by atoms with Gasteiger partial charge in [-0.1, -0.05) is 0 Å². The molecule has 0 atom stereocenters. The Labute approximate surface area is 95.3 Å². The number of rotatable bonds is 2. The minimum atomic E-state index is 0.231. The van der Waals surface area contributed by atoms with Crippen molar-refractivity contribution in [2.45, 2.75) is 12.8 Å². The van der Waals surface area contributed by atoms with Crippen molar-refractivity contribution < 1.29 is 4.79 Å². The lowest BCUT2D eigenvalue weighted by Gasteiger charge is -2.31. The van der Waals surface area contributed by atoms with Crippen LogP contribution in [-0.4, -0.2) is 19.4 Å². The van der Waals surface area contributed by atoms with E-state index >= 15 is 0 Å². The smallest absolute Gasteiger partial charge is 0.123 e. The summed E-state index contributed by atoms with van der Waals surface area (Å²) < 4.78 is 0. The Bertz CT molecular complexity index is 397. The van der Waals surface area contributed by atoms with Crippen LogP contribution in [0.25, 0.3) is 0 Å². The molecule has 0 saturated carbocycles. The first-order valence-corrected chi connectivity index (χ1v) is 5.54. The maximum atomic E-state index is 10.6. The number of anilines is 1. The topological polar surface area (TPSA) is 44.1 Å². The molecular formula is C13H14N2O. The second-order valence-electron chi connectivity index (χ2n) is 4.12. The van der Waals surface area contributed by atoms with Crippen LogP contribution in [0.1, 0.15) is 18.4 Å². The predicted molar refractivity (Wildman–Crippen MR) is 62.2 cm³/mol. The molecule has 2 rings (SSSR count). The standard InChI is InChI=1S/C13H14N2O/c14-9-11-1-3-13(4-2-11)15-7-5-12(10-16)6-8-15/h1-4,10,12H,5-8H2. The number of hydrogen-bond donors (Lipinski definition) is 0. The van der Waals surface area contributed by atoms with Gasteiger partial charge in [0.2, 0.25) is 0 Å². The fourth-order valence-corrected chi connectivity index (χ4v) is 2.04. The summed E-state index contributed by atoms with van der Waals surface area (Å²) in [4.78, 5) is 12.9. The summed E-state index contributed by atoms with van der Waals surface area (Å²) in [5.74, 6) is 0.231. The largest absolute Gasteiger partial charge is 0.371 e. The Morgan fingerprint density at radius 2 is 1.88 bits per heavy atom. The van der Waals surface area contributed by atoms with Gasteiger partial charge in [-0.2, -0.15) is 5.26 Å².